The number of rotatable bonds is 3. The average Bonchev–Trinajstić information content (AvgIpc) is 3.04. The molecule has 0 aromatic heterocycles. The first-order valence-corrected chi connectivity index (χ1v) is 7.50. The molecule has 0 amide bonds. The topological polar surface area (TPSA) is 24.4 Å². The lowest BCUT2D eigenvalue weighted by atomic mass is 9.85. The Balaban J connectivity index is 1.79. The van der Waals surface area contributed by atoms with Gasteiger partial charge in [-0.3, -0.25) is 4.99 Å². The number of hydrogen-bond acceptors (Lipinski definition) is 2. The second-order valence-electron chi connectivity index (χ2n) is 5.94. The molecule has 1 unspecified atom stereocenters. The lowest BCUT2D eigenvalue weighted by molar-refractivity contribution is 0.623. The number of hydrogen-bond donors (Lipinski definition) is 1. The molecule has 1 fully saturated rings. The zero-order valence-electron chi connectivity index (χ0n) is 12.0. The minimum Gasteiger partial charge on any atom is -0.372 e. The molecular weight excluding hydrogens is 282 g/mol. The van der Waals surface area contributed by atoms with Crippen LogP contribution in [-0.4, -0.2) is 18.9 Å². The quantitative estimate of drug-likeness (QED) is 0.924. The van der Waals surface area contributed by atoms with Gasteiger partial charge in [0.2, 0.25) is 0 Å². The Kier molecular flexibility index (Phi) is 2.99. The molecule has 0 radical (unpaired) electrons. The molecule has 2 aliphatic rings. The fourth-order valence-electron chi connectivity index (χ4n) is 3.54. The van der Waals surface area contributed by atoms with Gasteiger partial charge < -0.3 is 5.32 Å². The molecule has 2 nitrogen and oxygen atoms in total. The molecule has 4 rings (SSSR count). The van der Waals surface area contributed by atoms with Crippen molar-refractivity contribution in [1.29, 1.82) is 0 Å². The Morgan fingerprint density at radius 2 is 1.45 bits per heavy atom. The normalized spacial score (nSPS) is 22.1. The number of aliphatic imine (C=N–C) groups is 1. The van der Waals surface area contributed by atoms with Crippen LogP contribution in [0.5, 0.6) is 0 Å². The second kappa shape index (κ2) is 4.90. The Morgan fingerprint density at radius 3 is 1.91 bits per heavy atom. The number of nitrogens with zero attached hydrogens (tertiary/aromatic N) is 1. The van der Waals surface area contributed by atoms with Crippen molar-refractivity contribution in [3.63, 3.8) is 0 Å². The molecule has 0 saturated heterocycles. The molecule has 0 bridgehead atoms. The van der Waals surface area contributed by atoms with Crippen LogP contribution in [0.4, 0.5) is 8.78 Å². The van der Waals surface area contributed by atoms with Crippen LogP contribution < -0.4 is 5.32 Å². The summed E-state index contributed by atoms with van der Waals surface area (Å²) in [5.41, 5.74) is 1.89. The number of amidine groups is 1. The fourth-order valence-corrected chi connectivity index (χ4v) is 3.54. The molecule has 2 aromatic rings. The van der Waals surface area contributed by atoms with Crippen LogP contribution in [0.25, 0.3) is 0 Å². The highest BCUT2D eigenvalue weighted by Gasteiger charge is 2.59. The van der Waals surface area contributed by atoms with Gasteiger partial charge in [0.1, 0.15) is 17.5 Å². The monoisotopic (exact) mass is 298 g/mol. The van der Waals surface area contributed by atoms with Crippen LogP contribution >= 0.6 is 0 Å². The van der Waals surface area contributed by atoms with Gasteiger partial charge in [-0.05, 0) is 41.8 Å². The van der Waals surface area contributed by atoms with Crippen LogP contribution in [0.15, 0.2) is 53.5 Å². The maximum absolute atomic E-state index is 13.3. The van der Waals surface area contributed by atoms with Crippen molar-refractivity contribution in [3.8, 4) is 0 Å². The summed E-state index contributed by atoms with van der Waals surface area (Å²) < 4.78 is 26.5. The minimum atomic E-state index is -0.244. The summed E-state index contributed by atoms with van der Waals surface area (Å²) in [6.45, 7) is 1.67. The van der Waals surface area contributed by atoms with E-state index in [2.05, 4.69) is 10.3 Å². The zero-order valence-corrected chi connectivity index (χ0v) is 12.0. The summed E-state index contributed by atoms with van der Waals surface area (Å²) in [6, 6.07) is 13.3. The zero-order chi connectivity index (χ0) is 15.2. The van der Waals surface area contributed by atoms with E-state index in [4.69, 9.17) is 0 Å². The van der Waals surface area contributed by atoms with E-state index >= 15 is 0 Å². The second-order valence-corrected chi connectivity index (χ2v) is 5.94. The Bertz CT molecular complexity index is 674. The van der Waals surface area contributed by atoms with Gasteiger partial charge in [0.25, 0.3) is 0 Å². The smallest absolute Gasteiger partial charge is 0.123 e. The van der Waals surface area contributed by atoms with E-state index in [-0.39, 0.29) is 23.0 Å². The van der Waals surface area contributed by atoms with Crippen LogP contribution in [0.3, 0.4) is 0 Å². The van der Waals surface area contributed by atoms with Gasteiger partial charge in [0, 0.05) is 17.9 Å². The van der Waals surface area contributed by atoms with Crippen molar-refractivity contribution < 1.29 is 8.78 Å². The molecule has 112 valence electrons. The highest BCUT2D eigenvalue weighted by Crippen LogP contribution is 2.59. The molecule has 0 spiro atoms. The van der Waals surface area contributed by atoms with Gasteiger partial charge in [-0.2, -0.15) is 0 Å². The minimum absolute atomic E-state index is 0.225. The molecule has 1 atom stereocenters. The van der Waals surface area contributed by atoms with Crippen molar-refractivity contribution in [1.82, 2.24) is 5.32 Å². The fraction of sp³-hybridized carbons (Fsp3) is 0.278. The molecule has 1 heterocycles. The highest BCUT2D eigenvalue weighted by atomic mass is 19.1. The van der Waals surface area contributed by atoms with Crippen molar-refractivity contribution in [2.24, 2.45) is 10.9 Å². The first-order valence-electron chi connectivity index (χ1n) is 7.50. The molecule has 4 heteroatoms. The van der Waals surface area contributed by atoms with Gasteiger partial charge in [-0.1, -0.05) is 24.3 Å². The number of benzene rings is 2. The van der Waals surface area contributed by atoms with Gasteiger partial charge in [0.15, 0.2) is 0 Å². The number of nitrogens with one attached hydrogen (secondary N) is 1. The van der Waals surface area contributed by atoms with E-state index in [0.717, 1.165) is 36.5 Å². The van der Waals surface area contributed by atoms with E-state index < -0.39 is 0 Å². The van der Waals surface area contributed by atoms with E-state index in [1.165, 1.54) is 24.3 Å². The van der Waals surface area contributed by atoms with E-state index in [1.54, 1.807) is 0 Å². The SMILES string of the molecule is Fc1ccc(C2(c3ccc(F)cc3)CC2C2=NCCN2)cc1. The molecule has 2 aromatic carbocycles. The Morgan fingerprint density at radius 1 is 0.909 bits per heavy atom. The van der Waals surface area contributed by atoms with Crippen LogP contribution in [0.2, 0.25) is 0 Å². The maximum atomic E-state index is 13.3. The molecule has 1 aliphatic carbocycles. The summed E-state index contributed by atoms with van der Waals surface area (Å²) in [4.78, 5) is 4.54. The summed E-state index contributed by atoms with van der Waals surface area (Å²) in [5, 5.41) is 3.34. The third-order valence-corrected chi connectivity index (χ3v) is 4.71. The van der Waals surface area contributed by atoms with Crippen molar-refractivity contribution in [2.75, 3.05) is 13.1 Å². The van der Waals surface area contributed by atoms with Crippen molar-refractivity contribution >= 4 is 5.84 Å². The summed E-state index contributed by atoms with van der Waals surface area (Å²) in [5.74, 6) is 0.789. The lowest BCUT2D eigenvalue weighted by Crippen LogP contribution is -2.25. The predicted octanol–water partition coefficient (Wildman–Crippen LogP) is 3.27. The third kappa shape index (κ3) is 2.02. The predicted molar refractivity (Wildman–Crippen MR) is 82.0 cm³/mol. The Labute approximate surface area is 127 Å². The first-order chi connectivity index (χ1) is 10.7. The van der Waals surface area contributed by atoms with Gasteiger partial charge in [-0.25, -0.2) is 8.78 Å². The van der Waals surface area contributed by atoms with Crippen molar-refractivity contribution in [2.45, 2.75) is 11.8 Å². The van der Waals surface area contributed by atoms with Crippen LogP contribution in [0, 0.1) is 17.6 Å². The molecular formula is C18H16F2N2. The third-order valence-electron chi connectivity index (χ3n) is 4.71. The maximum Gasteiger partial charge on any atom is 0.123 e. The molecule has 1 saturated carbocycles. The lowest BCUT2D eigenvalue weighted by Gasteiger charge is -2.19. The van der Waals surface area contributed by atoms with E-state index in [9.17, 15) is 8.78 Å². The first kappa shape index (κ1) is 13.4. The van der Waals surface area contributed by atoms with E-state index in [1.807, 2.05) is 24.3 Å². The summed E-state index contributed by atoms with van der Waals surface area (Å²) in [6.07, 6.45) is 0.913. The number of halogens is 2. The Hall–Kier alpha value is -2.23. The van der Waals surface area contributed by atoms with Crippen LogP contribution in [0.1, 0.15) is 17.5 Å². The van der Waals surface area contributed by atoms with Gasteiger partial charge in [-0.15, -0.1) is 0 Å². The van der Waals surface area contributed by atoms with Gasteiger partial charge in [0.05, 0.1) is 6.54 Å². The van der Waals surface area contributed by atoms with Crippen molar-refractivity contribution in [3.05, 3.63) is 71.3 Å². The summed E-state index contributed by atoms with van der Waals surface area (Å²) >= 11 is 0. The molecule has 1 N–H and O–H groups in total. The standard InChI is InChI=1S/C18H16F2N2/c19-14-5-1-12(2-6-14)18(13-3-7-15(20)8-4-13)11-16(18)17-21-9-10-22-17/h1-8,16H,9-11H2,(H,21,22). The average molecular weight is 298 g/mol. The largest absolute Gasteiger partial charge is 0.372 e. The molecule has 22 heavy (non-hydrogen) atoms. The highest BCUT2D eigenvalue weighted by molar-refractivity contribution is 5.91. The van der Waals surface area contributed by atoms with Gasteiger partial charge >= 0.3 is 0 Å². The van der Waals surface area contributed by atoms with E-state index in [0.29, 0.717) is 0 Å². The molecule has 1 aliphatic heterocycles. The summed E-state index contributed by atoms with van der Waals surface area (Å²) in [7, 11) is 0. The van der Waals surface area contributed by atoms with Crippen LogP contribution in [-0.2, 0) is 5.41 Å².